The first-order valence-corrected chi connectivity index (χ1v) is 6.30. The first kappa shape index (κ1) is 10.4. The molecule has 0 aliphatic carbocycles. The van der Waals surface area contributed by atoms with Gasteiger partial charge in [-0.1, -0.05) is 13.3 Å². The third-order valence-corrected chi connectivity index (χ3v) is 3.77. The molecule has 82 valence electrons. The predicted octanol–water partition coefficient (Wildman–Crippen LogP) is 1.86. The average molecular weight is 196 g/mol. The molecule has 0 aromatic carbocycles. The van der Waals surface area contributed by atoms with E-state index in [0.717, 1.165) is 12.0 Å². The van der Waals surface area contributed by atoms with E-state index in [9.17, 15) is 0 Å². The van der Waals surface area contributed by atoms with E-state index in [0.29, 0.717) is 0 Å². The van der Waals surface area contributed by atoms with Crippen LogP contribution in [0.15, 0.2) is 0 Å². The minimum atomic E-state index is 0.789. The van der Waals surface area contributed by atoms with E-state index in [2.05, 4.69) is 17.1 Å². The highest BCUT2D eigenvalue weighted by Crippen LogP contribution is 2.17. The van der Waals surface area contributed by atoms with Gasteiger partial charge in [0.05, 0.1) is 0 Å². The van der Waals surface area contributed by atoms with Gasteiger partial charge in [-0.15, -0.1) is 0 Å². The SMILES string of the molecule is CC1CCN(C[C@@H]2CCCCN2)CC1. The minimum absolute atomic E-state index is 0.789. The van der Waals surface area contributed by atoms with Gasteiger partial charge in [0.15, 0.2) is 0 Å². The molecule has 2 heterocycles. The average Bonchev–Trinajstić information content (AvgIpc) is 2.23. The molecule has 0 aromatic heterocycles. The Balaban J connectivity index is 1.68. The third-order valence-electron chi connectivity index (χ3n) is 3.77. The summed E-state index contributed by atoms with van der Waals surface area (Å²) in [7, 11) is 0. The number of likely N-dealkylation sites (tertiary alicyclic amines) is 1. The van der Waals surface area contributed by atoms with Crippen LogP contribution in [0.5, 0.6) is 0 Å². The van der Waals surface area contributed by atoms with Crippen molar-refractivity contribution in [1.82, 2.24) is 10.2 Å². The predicted molar refractivity (Wildman–Crippen MR) is 60.5 cm³/mol. The molecule has 0 bridgehead atoms. The lowest BCUT2D eigenvalue weighted by molar-refractivity contribution is 0.166. The van der Waals surface area contributed by atoms with Crippen molar-refractivity contribution in [3.05, 3.63) is 0 Å². The first-order chi connectivity index (χ1) is 6.84. The number of hydrogen-bond donors (Lipinski definition) is 1. The summed E-state index contributed by atoms with van der Waals surface area (Å²) in [5, 5.41) is 3.64. The van der Waals surface area contributed by atoms with Crippen LogP contribution in [0, 0.1) is 5.92 Å². The summed E-state index contributed by atoms with van der Waals surface area (Å²) < 4.78 is 0. The van der Waals surface area contributed by atoms with E-state index < -0.39 is 0 Å². The Hall–Kier alpha value is -0.0800. The van der Waals surface area contributed by atoms with Crippen LogP contribution in [0.4, 0.5) is 0 Å². The second-order valence-corrected chi connectivity index (χ2v) is 5.13. The molecule has 2 rings (SSSR count). The molecule has 0 unspecified atom stereocenters. The quantitative estimate of drug-likeness (QED) is 0.725. The summed E-state index contributed by atoms with van der Waals surface area (Å²) in [4.78, 5) is 2.66. The fourth-order valence-corrected chi connectivity index (χ4v) is 2.64. The van der Waals surface area contributed by atoms with Gasteiger partial charge < -0.3 is 10.2 Å². The largest absolute Gasteiger partial charge is 0.313 e. The van der Waals surface area contributed by atoms with Gasteiger partial charge in [-0.3, -0.25) is 0 Å². The molecule has 0 amide bonds. The molecule has 2 aliphatic rings. The van der Waals surface area contributed by atoms with E-state index >= 15 is 0 Å². The van der Waals surface area contributed by atoms with Gasteiger partial charge >= 0.3 is 0 Å². The normalized spacial score (nSPS) is 31.9. The Morgan fingerprint density at radius 2 is 1.93 bits per heavy atom. The molecule has 1 atom stereocenters. The van der Waals surface area contributed by atoms with E-state index in [1.165, 1.54) is 58.3 Å². The number of hydrogen-bond acceptors (Lipinski definition) is 2. The Bertz CT molecular complexity index is 156. The number of nitrogens with one attached hydrogen (secondary N) is 1. The van der Waals surface area contributed by atoms with Crippen molar-refractivity contribution in [3.63, 3.8) is 0 Å². The van der Waals surface area contributed by atoms with Gasteiger partial charge in [0, 0.05) is 12.6 Å². The van der Waals surface area contributed by atoms with Crippen LogP contribution >= 0.6 is 0 Å². The second-order valence-electron chi connectivity index (χ2n) is 5.13. The van der Waals surface area contributed by atoms with E-state index in [1.807, 2.05) is 0 Å². The van der Waals surface area contributed by atoms with Gasteiger partial charge in [0.25, 0.3) is 0 Å². The molecule has 2 saturated heterocycles. The molecule has 14 heavy (non-hydrogen) atoms. The van der Waals surface area contributed by atoms with Crippen LogP contribution in [0.2, 0.25) is 0 Å². The number of nitrogens with zero attached hydrogens (tertiary/aromatic N) is 1. The zero-order valence-corrected chi connectivity index (χ0v) is 9.47. The van der Waals surface area contributed by atoms with Crippen molar-refractivity contribution in [3.8, 4) is 0 Å². The summed E-state index contributed by atoms with van der Waals surface area (Å²) in [6.45, 7) is 7.59. The van der Waals surface area contributed by atoms with E-state index in [-0.39, 0.29) is 0 Å². The van der Waals surface area contributed by atoms with Crippen LogP contribution in [0.1, 0.15) is 39.0 Å². The maximum absolute atomic E-state index is 3.64. The summed E-state index contributed by atoms with van der Waals surface area (Å²) >= 11 is 0. The minimum Gasteiger partial charge on any atom is -0.313 e. The Kier molecular flexibility index (Phi) is 3.82. The summed E-state index contributed by atoms with van der Waals surface area (Å²) in [5.41, 5.74) is 0. The Morgan fingerprint density at radius 1 is 1.14 bits per heavy atom. The molecule has 0 radical (unpaired) electrons. The summed E-state index contributed by atoms with van der Waals surface area (Å²) in [5.74, 6) is 0.963. The van der Waals surface area contributed by atoms with E-state index in [4.69, 9.17) is 0 Å². The molecule has 2 heteroatoms. The second kappa shape index (κ2) is 5.13. The zero-order chi connectivity index (χ0) is 9.80. The molecule has 2 fully saturated rings. The van der Waals surface area contributed by atoms with Crippen LogP contribution in [0.25, 0.3) is 0 Å². The molecule has 0 spiro atoms. The Morgan fingerprint density at radius 3 is 2.57 bits per heavy atom. The summed E-state index contributed by atoms with van der Waals surface area (Å²) in [6.07, 6.45) is 7.03. The van der Waals surface area contributed by atoms with Crippen molar-refractivity contribution in [2.45, 2.75) is 45.1 Å². The number of piperidine rings is 2. The maximum Gasteiger partial charge on any atom is 0.0195 e. The monoisotopic (exact) mass is 196 g/mol. The van der Waals surface area contributed by atoms with Gasteiger partial charge in [-0.25, -0.2) is 0 Å². The highest BCUT2D eigenvalue weighted by molar-refractivity contribution is 4.78. The van der Waals surface area contributed by atoms with Crippen molar-refractivity contribution in [1.29, 1.82) is 0 Å². The first-order valence-electron chi connectivity index (χ1n) is 6.30. The fraction of sp³-hybridized carbons (Fsp3) is 1.00. The lowest BCUT2D eigenvalue weighted by Crippen LogP contribution is -2.45. The molecule has 1 N–H and O–H groups in total. The van der Waals surface area contributed by atoms with Crippen molar-refractivity contribution in [2.24, 2.45) is 5.92 Å². The smallest absolute Gasteiger partial charge is 0.0195 e. The van der Waals surface area contributed by atoms with Gasteiger partial charge in [-0.2, -0.15) is 0 Å². The standard InChI is InChI=1S/C12H24N2/c1-11-5-8-14(9-6-11)10-12-4-2-3-7-13-12/h11-13H,2-10H2,1H3/t12-/m0/s1. The van der Waals surface area contributed by atoms with Crippen LogP contribution < -0.4 is 5.32 Å². The lowest BCUT2D eigenvalue weighted by atomic mass is 9.97. The van der Waals surface area contributed by atoms with Crippen LogP contribution in [-0.2, 0) is 0 Å². The fourth-order valence-electron chi connectivity index (χ4n) is 2.64. The highest BCUT2D eigenvalue weighted by Gasteiger charge is 2.20. The van der Waals surface area contributed by atoms with Crippen molar-refractivity contribution in [2.75, 3.05) is 26.2 Å². The lowest BCUT2D eigenvalue weighted by Gasteiger charge is -2.34. The summed E-state index contributed by atoms with van der Waals surface area (Å²) in [6, 6.07) is 0.789. The topological polar surface area (TPSA) is 15.3 Å². The van der Waals surface area contributed by atoms with Crippen LogP contribution in [0.3, 0.4) is 0 Å². The molecule has 0 aromatic rings. The van der Waals surface area contributed by atoms with Crippen molar-refractivity contribution >= 4 is 0 Å². The maximum atomic E-state index is 3.64. The number of rotatable bonds is 2. The van der Waals surface area contributed by atoms with Gasteiger partial charge in [-0.05, 0) is 51.2 Å². The van der Waals surface area contributed by atoms with Crippen molar-refractivity contribution < 1.29 is 0 Å². The van der Waals surface area contributed by atoms with E-state index in [1.54, 1.807) is 0 Å². The molecule has 2 nitrogen and oxygen atoms in total. The highest BCUT2D eigenvalue weighted by atomic mass is 15.2. The molecule has 0 saturated carbocycles. The van der Waals surface area contributed by atoms with Gasteiger partial charge in [0.2, 0.25) is 0 Å². The molecular formula is C12H24N2. The van der Waals surface area contributed by atoms with Crippen LogP contribution in [-0.4, -0.2) is 37.1 Å². The van der Waals surface area contributed by atoms with Gasteiger partial charge in [0.1, 0.15) is 0 Å². The molecule has 2 aliphatic heterocycles. The zero-order valence-electron chi connectivity index (χ0n) is 9.47. The Labute approximate surface area is 88.1 Å². The molecular weight excluding hydrogens is 172 g/mol. The third kappa shape index (κ3) is 2.96.